The highest BCUT2D eigenvalue weighted by Gasteiger charge is 2.21. The number of hydrogen-bond donors (Lipinski definition) is 4. The van der Waals surface area contributed by atoms with Crippen molar-refractivity contribution < 1.29 is 19.8 Å². The van der Waals surface area contributed by atoms with Gasteiger partial charge in [0, 0.05) is 81.2 Å². The number of benzene rings is 2. The molecule has 0 spiro atoms. The Bertz CT molecular complexity index is 2070. The zero-order valence-corrected chi connectivity index (χ0v) is 28.8. The van der Waals surface area contributed by atoms with Crippen LogP contribution >= 0.6 is 0 Å². The molecule has 1 aliphatic rings. The molecule has 258 valence electrons. The fourth-order valence-corrected chi connectivity index (χ4v) is 6.53. The minimum atomic E-state index is -0.331. The van der Waals surface area contributed by atoms with E-state index in [2.05, 4.69) is 39.6 Å². The van der Waals surface area contributed by atoms with E-state index in [4.69, 9.17) is 4.98 Å². The van der Waals surface area contributed by atoms with E-state index in [1.807, 2.05) is 56.6 Å². The summed E-state index contributed by atoms with van der Waals surface area (Å²) in [7, 11) is 3.57. The van der Waals surface area contributed by atoms with Crippen LogP contribution in [0.3, 0.4) is 0 Å². The summed E-state index contributed by atoms with van der Waals surface area (Å²) >= 11 is 0. The van der Waals surface area contributed by atoms with Crippen molar-refractivity contribution in [1.29, 1.82) is 0 Å². The number of nitrogens with one attached hydrogen (secondary N) is 2. The summed E-state index contributed by atoms with van der Waals surface area (Å²) in [5, 5.41) is 26.7. The van der Waals surface area contributed by atoms with Crippen LogP contribution < -0.4 is 10.6 Å². The molecule has 1 unspecified atom stereocenters. The molecule has 0 saturated carbocycles. The molecule has 4 heterocycles. The highest BCUT2D eigenvalue weighted by molar-refractivity contribution is 6.06. The van der Waals surface area contributed by atoms with Gasteiger partial charge in [0.05, 0.1) is 18.4 Å². The summed E-state index contributed by atoms with van der Waals surface area (Å²) in [5.41, 5.74) is 8.67. The minimum absolute atomic E-state index is 0.00760. The lowest BCUT2D eigenvalue weighted by atomic mass is 9.94. The Morgan fingerprint density at radius 1 is 1.06 bits per heavy atom. The lowest BCUT2D eigenvalue weighted by Gasteiger charge is -2.18. The van der Waals surface area contributed by atoms with Gasteiger partial charge in [0.2, 0.25) is 0 Å². The average molecular weight is 674 g/mol. The number of aliphatic hydroxyl groups is 2. The second-order valence-electron chi connectivity index (χ2n) is 12.9. The molecular weight excluding hydrogens is 630 g/mol. The molecule has 3 aromatic heterocycles. The van der Waals surface area contributed by atoms with Gasteiger partial charge in [0.25, 0.3) is 5.91 Å². The number of likely N-dealkylation sites (N-methyl/N-ethyl adjacent to an activating group) is 1. The molecule has 0 radical (unpaired) electrons. The molecular formula is C39H43N7O4. The number of aromatic nitrogens is 3. The minimum Gasteiger partial charge on any atom is -0.395 e. The number of rotatable bonds is 12. The monoisotopic (exact) mass is 673 g/mol. The third-order valence-corrected chi connectivity index (χ3v) is 9.38. The Morgan fingerprint density at radius 2 is 1.80 bits per heavy atom. The standard InChI is InChI=1S/C39H43N7O4/c1-25-31(7-5-9-33(25)42-38-37-28(11-14-40-38)19-27(21-41-37)22-46-16-12-30(49)23-46)32-8-6-10-34(26(32)2)43-39(50)36-20-29(24-48)35(45(36)4)13-15-44(3)17-18-47/h5-11,13-15,19-21,24,30,47,49H,12,16-18,22-23H2,1-4H3,(H,40,42)(H,43,50)/b15-13-. The summed E-state index contributed by atoms with van der Waals surface area (Å²) in [6, 6.07) is 17.6. The third kappa shape index (κ3) is 7.30. The molecule has 6 rings (SSSR count). The van der Waals surface area contributed by atoms with Crippen LogP contribution in [-0.2, 0) is 13.6 Å². The lowest BCUT2D eigenvalue weighted by Crippen LogP contribution is -2.21. The lowest BCUT2D eigenvalue weighted by molar-refractivity contribution is 0.101. The first-order valence-corrected chi connectivity index (χ1v) is 16.7. The van der Waals surface area contributed by atoms with Crippen LogP contribution in [0.15, 0.2) is 73.2 Å². The number of β-amino-alcohol motifs (C(OH)–C–C–N with tert-alkyl or cyclic N) is 1. The van der Waals surface area contributed by atoms with Crippen molar-refractivity contribution >= 4 is 46.4 Å². The molecule has 1 fully saturated rings. The van der Waals surface area contributed by atoms with Gasteiger partial charge < -0.3 is 30.3 Å². The smallest absolute Gasteiger partial charge is 0.272 e. The van der Waals surface area contributed by atoms with Gasteiger partial charge in [0.15, 0.2) is 12.1 Å². The quantitative estimate of drug-likeness (QED) is 0.126. The summed E-state index contributed by atoms with van der Waals surface area (Å²) < 4.78 is 1.69. The Labute approximate surface area is 291 Å². The van der Waals surface area contributed by atoms with Crippen molar-refractivity contribution in [3.63, 3.8) is 0 Å². The second kappa shape index (κ2) is 15.0. The number of amides is 1. The number of aldehydes is 1. The van der Waals surface area contributed by atoms with E-state index in [9.17, 15) is 19.8 Å². The van der Waals surface area contributed by atoms with Crippen LogP contribution in [0.4, 0.5) is 17.2 Å². The van der Waals surface area contributed by atoms with E-state index in [1.165, 1.54) is 0 Å². The summed E-state index contributed by atoms with van der Waals surface area (Å²) in [6.07, 6.45) is 8.48. The Kier molecular flexibility index (Phi) is 10.4. The van der Waals surface area contributed by atoms with Gasteiger partial charge in [-0.2, -0.15) is 0 Å². The summed E-state index contributed by atoms with van der Waals surface area (Å²) in [6.45, 7) is 6.81. The fourth-order valence-electron chi connectivity index (χ4n) is 6.53. The molecule has 1 amide bonds. The first kappa shape index (κ1) is 34.5. The number of aliphatic hydroxyl groups excluding tert-OH is 2. The van der Waals surface area contributed by atoms with E-state index in [0.717, 1.165) is 70.2 Å². The molecule has 5 aromatic rings. The molecule has 0 bridgehead atoms. The first-order valence-electron chi connectivity index (χ1n) is 16.7. The van der Waals surface area contributed by atoms with Crippen molar-refractivity contribution in [2.45, 2.75) is 32.9 Å². The maximum absolute atomic E-state index is 13.6. The molecule has 1 atom stereocenters. The van der Waals surface area contributed by atoms with Crippen molar-refractivity contribution in [1.82, 2.24) is 24.3 Å². The van der Waals surface area contributed by atoms with E-state index in [1.54, 1.807) is 41.1 Å². The largest absolute Gasteiger partial charge is 0.395 e. The van der Waals surface area contributed by atoms with Gasteiger partial charge in [-0.3, -0.25) is 19.5 Å². The van der Waals surface area contributed by atoms with Gasteiger partial charge >= 0.3 is 0 Å². The zero-order valence-electron chi connectivity index (χ0n) is 28.8. The van der Waals surface area contributed by atoms with Gasteiger partial charge in [0.1, 0.15) is 11.2 Å². The number of nitrogens with zero attached hydrogens (tertiary/aromatic N) is 5. The Balaban J connectivity index is 1.23. The Hall–Kier alpha value is -5.36. The number of fused-ring (bicyclic) bond motifs is 1. The van der Waals surface area contributed by atoms with Crippen molar-refractivity contribution in [3.05, 3.63) is 107 Å². The number of anilines is 3. The summed E-state index contributed by atoms with van der Waals surface area (Å²) in [4.78, 5) is 38.9. The fraction of sp³-hybridized carbons (Fsp3) is 0.282. The number of likely N-dealkylation sites (tertiary alicyclic amines) is 1. The van der Waals surface area contributed by atoms with Crippen LogP contribution in [0, 0.1) is 13.8 Å². The molecule has 2 aromatic carbocycles. The highest BCUT2D eigenvalue weighted by atomic mass is 16.3. The van der Waals surface area contributed by atoms with E-state index >= 15 is 0 Å². The maximum Gasteiger partial charge on any atom is 0.272 e. The average Bonchev–Trinajstić information content (AvgIpc) is 3.66. The molecule has 11 nitrogen and oxygen atoms in total. The predicted octanol–water partition coefficient (Wildman–Crippen LogP) is 5.52. The normalized spacial score (nSPS) is 14.8. The number of carbonyl (C=O) groups excluding carboxylic acids is 2. The maximum atomic E-state index is 13.6. The Morgan fingerprint density at radius 3 is 2.50 bits per heavy atom. The summed E-state index contributed by atoms with van der Waals surface area (Å²) in [5.74, 6) is 0.331. The predicted molar refractivity (Wildman–Crippen MR) is 198 cm³/mol. The molecule has 1 saturated heterocycles. The topological polar surface area (TPSA) is 136 Å². The van der Waals surface area contributed by atoms with Gasteiger partial charge in [-0.1, -0.05) is 24.3 Å². The number of pyridine rings is 2. The van der Waals surface area contributed by atoms with Crippen molar-refractivity contribution in [3.8, 4) is 11.1 Å². The molecule has 1 aliphatic heterocycles. The van der Waals surface area contributed by atoms with Gasteiger partial charge in [-0.25, -0.2) is 4.98 Å². The van der Waals surface area contributed by atoms with Crippen molar-refractivity contribution in [2.75, 3.05) is 43.9 Å². The molecule has 4 N–H and O–H groups in total. The third-order valence-electron chi connectivity index (χ3n) is 9.38. The van der Waals surface area contributed by atoms with Crippen LogP contribution in [0.1, 0.15) is 49.7 Å². The van der Waals surface area contributed by atoms with E-state index in [0.29, 0.717) is 41.5 Å². The first-order chi connectivity index (χ1) is 24.2. The number of carbonyl (C=O) groups is 2. The van der Waals surface area contributed by atoms with Crippen molar-refractivity contribution in [2.24, 2.45) is 7.05 Å². The van der Waals surface area contributed by atoms with Gasteiger partial charge in [-0.15, -0.1) is 0 Å². The number of hydrogen-bond acceptors (Lipinski definition) is 9. The highest BCUT2D eigenvalue weighted by Crippen LogP contribution is 2.35. The zero-order chi connectivity index (χ0) is 35.4. The van der Waals surface area contributed by atoms with Gasteiger partial charge in [-0.05, 0) is 84.5 Å². The molecule has 50 heavy (non-hydrogen) atoms. The van der Waals surface area contributed by atoms with Crippen LogP contribution in [0.2, 0.25) is 0 Å². The van der Waals surface area contributed by atoms with Crippen LogP contribution in [0.5, 0.6) is 0 Å². The molecule has 0 aliphatic carbocycles. The SMILES string of the molecule is Cc1c(NC(=O)c2cc(C=O)c(/C=C\N(C)CCO)n2C)cccc1-c1cccc(Nc2nccc3cc(CN4CCC(O)C4)cnc23)c1C. The van der Waals surface area contributed by atoms with Crippen LogP contribution in [-0.4, -0.2) is 86.1 Å². The van der Waals surface area contributed by atoms with Crippen LogP contribution in [0.25, 0.3) is 28.1 Å². The van der Waals surface area contributed by atoms with E-state index in [-0.39, 0.29) is 18.6 Å². The van der Waals surface area contributed by atoms with E-state index < -0.39 is 0 Å². The molecule has 11 heteroatoms. The second-order valence-corrected chi connectivity index (χ2v) is 12.9.